The number of para-hydroxylation sites is 2. The molecule has 176 valence electrons. The van der Waals surface area contributed by atoms with Gasteiger partial charge in [-0.15, -0.1) is 11.3 Å². The number of nitriles is 1. The van der Waals surface area contributed by atoms with Gasteiger partial charge < -0.3 is 10.0 Å². The molecule has 1 N–H and O–H groups in total. The molecule has 5 nitrogen and oxygen atoms in total. The van der Waals surface area contributed by atoms with E-state index in [0.717, 1.165) is 38.9 Å². The number of hydrogen-bond donors (Lipinski definition) is 1. The van der Waals surface area contributed by atoms with Crippen LogP contribution in [0.3, 0.4) is 0 Å². The van der Waals surface area contributed by atoms with Gasteiger partial charge in [-0.05, 0) is 66.2 Å². The maximum absolute atomic E-state index is 11.2. The van der Waals surface area contributed by atoms with E-state index >= 15 is 0 Å². The predicted octanol–water partition coefficient (Wildman–Crippen LogP) is 7.62. The van der Waals surface area contributed by atoms with E-state index in [0.29, 0.717) is 4.88 Å². The number of rotatable bonds is 6. The van der Waals surface area contributed by atoms with Crippen LogP contribution in [0, 0.1) is 11.3 Å². The fourth-order valence-corrected chi connectivity index (χ4v) is 5.56. The number of carboxylic acid groups (broad SMARTS) is 1. The Morgan fingerprint density at radius 2 is 1.58 bits per heavy atom. The van der Waals surface area contributed by atoms with Crippen molar-refractivity contribution in [1.82, 2.24) is 0 Å². The number of hydrogen-bond acceptors (Lipinski definition) is 5. The van der Waals surface area contributed by atoms with Crippen molar-refractivity contribution in [2.75, 3.05) is 4.90 Å². The predicted molar refractivity (Wildman–Crippen MR) is 146 cm³/mol. The van der Waals surface area contributed by atoms with Gasteiger partial charge in [0.1, 0.15) is 11.6 Å². The summed E-state index contributed by atoms with van der Waals surface area (Å²) in [7, 11) is 0. The number of carboxylic acids is 1. The summed E-state index contributed by atoms with van der Waals surface area (Å²) >= 11 is 1.44. The highest BCUT2D eigenvalue weighted by Gasteiger charge is 2.37. The lowest BCUT2D eigenvalue weighted by atomic mass is 9.80. The van der Waals surface area contributed by atoms with Gasteiger partial charge in [-0.2, -0.15) is 5.26 Å². The second kappa shape index (κ2) is 9.29. The monoisotopic (exact) mass is 489 g/mol. The lowest BCUT2D eigenvalue weighted by molar-refractivity contribution is -0.132. The van der Waals surface area contributed by atoms with Crippen LogP contribution in [0.1, 0.15) is 29.2 Å². The molecule has 0 aliphatic carbocycles. The molecule has 6 heteroatoms. The molecule has 0 spiro atoms. The van der Waals surface area contributed by atoms with E-state index in [4.69, 9.17) is 10.3 Å². The molecule has 1 aromatic heterocycles. The molecule has 36 heavy (non-hydrogen) atoms. The lowest BCUT2D eigenvalue weighted by Crippen LogP contribution is -2.25. The highest BCUT2D eigenvalue weighted by atomic mass is 32.1. The van der Waals surface area contributed by atoms with E-state index in [1.807, 2.05) is 48.5 Å². The van der Waals surface area contributed by atoms with Crippen molar-refractivity contribution in [3.8, 4) is 6.07 Å². The number of nitrogens with zero attached hydrogens (tertiary/aromatic N) is 3. The molecule has 0 saturated heterocycles. The van der Waals surface area contributed by atoms with E-state index in [2.05, 4.69) is 61.2 Å². The molecule has 0 unspecified atom stereocenters. The molecule has 2 heterocycles. The normalized spacial score (nSPS) is 14.0. The second-order valence-corrected chi connectivity index (χ2v) is 10.1. The molecule has 4 aromatic rings. The number of aliphatic carboxylic acids is 1. The molecular weight excluding hydrogens is 466 g/mol. The second-order valence-electron chi connectivity index (χ2n) is 8.97. The maximum Gasteiger partial charge on any atom is 0.346 e. The number of anilines is 3. The summed E-state index contributed by atoms with van der Waals surface area (Å²) < 4.78 is 0. The number of thiophene rings is 1. The van der Waals surface area contributed by atoms with E-state index in [1.165, 1.54) is 17.4 Å². The SMILES string of the molecule is CC1(C)C(c2ccc(/C=C(\C#N)C(=O)O)s2)=Nc2ccc(N(c3ccccc3)c3ccccc3)cc21. The van der Waals surface area contributed by atoms with Crippen molar-refractivity contribution in [3.63, 3.8) is 0 Å². The first-order chi connectivity index (χ1) is 17.4. The van der Waals surface area contributed by atoms with Gasteiger partial charge in [-0.1, -0.05) is 50.2 Å². The Morgan fingerprint density at radius 3 is 2.17 bits per heavy atom. The zero-order valence-electron chi connectivity index (χ0n) is 19.8. The van der Waals surface area contributed by atoms with Crippen molar-refractivity contribution in [3.05, 3.63) is 112 Å². The summed E-state index contributed by atoms with van der Waals surface area (Å²) in [6.07, 6.45) is 1.40. The Bertz CT molecular complexity index is 1500. The van der Waals surface area contributed by atoms with Crippen molar-refractivity contribution in [2.45, 2.75) is 19.3 Å². The van der Waals surface area contributed by atoms with Crippen molar-refractivity contribution < 1.29 is 9.90 Å². The molecule has 1 aliphatic rings. The molecular formula is C30H23N3O2S. The largest absolute Gasteiger partial charge is 0.477 e. The summed E-state index contributed by atoms with van der Waals surface area (Å²) in [5.41, 5.74) is 5.52. The van der Waals surface area contributed by atoms with Crippen LogP contribution in [-0.2, 0) is 10.2 Å². The van der Waals surface area contributed by atoms with Crippen LogP contribution in [0.5, 0.6) is 0 Å². The molecule has 1 aliphatic heterocycles. The van der Waals surface area contributed by atoms with Crippen LogP contribution in [0.15, 0.2) is 102 Å². The van der Waals surface area contributed by atoms with Crippen LogP contribution in [0.25, 0.3) is 6.08 Å². The van der Waals surface area contributed by atoms with Crippen LogP contribution < -0.4 is 4.90 Å². The Kier molecular flexibility index (Phi) is 6.01. The maximum atomic E-state index is 11.2. The minimum atomic E-state index is -1.23. The minimum Gasteiger partial charge on any atom is -0.477 e. The van der Waals surface area contributed by atoms with E-state index < -0.39 is 5.97 Å². The number of fused-ring (bicyclic) bond motifs is 1. The summed E-state index contributed by atoms with van der Waals surface area (Å²) in [4.78, 5) is 20.1. The molecule has 0 saturated carbocycles. The van der Waals surface area contributed by atoms with Crippen LogP contribution >= 0.6 is 11.3 Å². The van der Waals surface area contributed by atoms with Crippen LogP contribution in [0.2, 0.25) is 0 Å². The van der Waals surface area contributed by atoms with E-state index in [9.17, 15) is 9.90 Å². The topological polar surface area (TPSA) is 76.7 Å². The fourth-order valence-electron chi connectivity index (χ4n) is 4.46. The molecule has 0 fully saturated rings. The van der Waals surface area contributed by atoms with Gasteiger partial charge >= 0.3 is 5.97 Å². The molecule has 5 rings (SSSR count). The molecule has 0 radical (unpaired) electrons. The Labute approximate surface area is 213 Å². The summed E-state index contributed by atoms with van der Waals surface area (Å²) in [6, 6.07) is 32.4. The van der Waals surface area contributed by atoms with Gasteiger partial charge in [0.2, 0.25) is 0 Å². The average Bonchev–Trinajstić information content (AvgIpc) is 3.45. The van der Waals surface area contributed by atoms with Gasteiger partial charge in [0.15, 0.2) is 0 Å². The first kappa shape index (κ1) is 23.3. The standard InChI is InChI=1S/C30H23N3O2S/c1-30(2)25-18-23(33(21-9-5-3-6-10-21)22-11-7-4-8-12-22)13-15-26(25)32-28(30)27-16-14-24(36-27)17-20(19-31)29(34)35/h3-18H,1-2H3,(H,34,35)/b20-17+. The van der Waals surface area contributed by atoms with Crippen molar-refractivity contribution in [1.29, 1.82) is 5.26 Å². The summed E-state index contributed by atoms with van der Waals surface area (Å²) in [5.74, 6) is -1.23. The summed E-state index contributed by atoms with van der Waals surface area (Å²) in [5, 5.41) is 18.3. The minimum absolute atomic E-state index is 0.286. The summed E-state index contributed by atoms with van der Waals surface area (Å²) in [6.45, 7) is 4.31. The molecule has 0 bridgehead atoms. The highest BCUT2D eigenvalue weighted by Crippen LogP contribution is 2.46. The third-order valence-electron chi connectivity index (χ3n) is 6.26. The zero-order valence-corrected chi connectivity index (χ0v) is 20.7. The number of benzene rings is 3. The van der Waals surface area contributed by atoms with Crippen molar-refractivity contribution in [2.24, 2.45) is 4.99 Å². The molecule has 0 atom stereocenters. The third-order valence-corrected chi connectivity index (χ3v) is 7.30. The quantitative estimate of drug-likeness (QED) is 0.223. The Balaban J connectivity index is 1.53. The Hall–Kier alpha value is -4.47. The first-order valence-electron chi connectivity index (χ1n) is 11.5. The van der Waals surface area contributed by atoms with Crippen LogP contribution in [-0.4, -0.2) is 16.8 Å². The molecule has 0 amide bonds. The highest BCUT2D eigenvalue weighted by molar-refractivity contribution is 7.15. The van der Waals surface area contributed by atoms with Gasteiger partial charge in [-0.25, -0.2) is 4.79 Å². The Morgan fingerprint density at radius 1 is 0.944 bits per heavy atom. The smallest absolute Gasteiger partial charge is 0.346 e. The lowest BCUT2D eigenvalue weighted by Gasteiger charge is -2.28. The zero-order chi connectivity index (χ0) is 25.3. The van der Waals surface area contributed by atoms with Gasteiger partial charge in [0, 0.05) is 27.4 Å². The van der Waals surface area contributed by atoms with Crippen molar-refractivity contribution >= 4 is 51.8 Å². The van der Waals surface area contributed by atoms with E-state index in [-0.39, 0.29) is 11.0 Å². The number of aliphatic imine (C=N–C) groups is 1. The third kappa shape index (κ3) is 4.21. The van der Waals surface area contributed by atoms with E-state index in [1.54, 1.807) is 6.07 Å². The van der Waals surface area contributed by atoms with Gasteiger partial charge in [-0.3, -0.25) is 4.99 Å². The number of carbonyl (C=O) groups is 1. The van der Waals surface area contributed by atoms with Crippen LogP contribution in [0.4, 0.5) is 22.7 Å². The fraction of sp³-hybridized carbons (Fsp3) is 0.100. The average molecular weight is 490 g/mol. The van der Waals surface area contributed by atoms with Gasteiger partial charge in [0.05, 0.1) is 16.3 Å². The molecule has 3 aromatic carbocycles. The first-order valence-corrected chi connectivity index (χ1v) is 12.3. The van der Waals surface area contributed by atoms with Gasteiger partial charge in [0.25, 0.3) is 0 Å².